The Bertz CT molecular complexity index is 542. The second-order valence-corrected chi connectivity index (χ2v) is 5.36. The highest BCUT2D eigenvalue weighted by Gasteiger charge is 2.42. The Morgan fingerprint density at radius 3 is 2.60 bits per heavy atom. The van der Waals surface area contributed by atoms with Crippen molar-refractivity contribution in [2.24, 2.45) is 11.8 Å². The van der Waals surface area contributed by atoms with Gasteiger partial charge in [0, 0.05) is 12.0 Å². The van der Waals surface area contributed by atoms with Gasteiger partial charge >= 0.3 is 5.97 Å². The molecule has 0 bridgehead atoms. The summed E-state index contributed by atoms with van der Waals surface area (Å²) in [6.45, 7) is 0.564. The van der Waals surface area contributed by atoms with Gasteiger partial charge in [0.05, 0.1) is 24.5 Å². The minimum atomic E-state index is -0.872. The lowest BCUT2D eigenvalue weighted by molar-refractivity contribution is -0.153. The maximum Gasteiger partial charge on any atom is 0.307 e. The number of carboxylic acids is 1. The molecule has 1 aromatic rings. The number of carbonyl (C=O) groups excluding carboxylic acids is 1. The Morgan fingerprint density at radius 1 is 1.15 bits per heavy atom. The molecule has 5 heteroatoms. The summed E-state index contributed by atoms with van der Waals surface area (Å²) in [6.07, 6.45) is 1.97. The minimum absolute atomic E-state index is 0.0810. The van der Waals surface area contributed by atoms with Crippen molar-refractivity contribution in [3.63, 3.8) is 0 Å². The number of fused-ring (bicyclic) bond motifs is 1. The van der Waals surface area contributed by atoms with Gasteiger partial charge in [-0.3, -0.25) is 9.59 Å². The van der Waals surface area contributed by atoms with Crippen LogP contribution >= 0.6 is 0 Å². The van der Waals surface area contributed by atoms with E-state index in [1.165, 1.54) is 0 Å². The van der Waals surface area contributed by atoms with E-state index in [0.29, 0.717) is 25.9 Å². The van der Waals surface area contributed by atoms with E-state index in [2.05, 4.69) is 5.32 Å². The molecule has 0 saturated heterocycles. The number of ether oxygens (including phenoxy) is 1. The van der Waals surface area contributed by atoms with Crippen LogP contribution in [-0.2, 0) is 9.59 Å². The van der Waals surface area contributed by atoms with Crippen LogP contribution in [0.5, 0.6) is 5.75 Å². The Morgan fingerprint density at radius 2 is 1.90 bits per heavy atom. The third-order valence-corrected chi connectivity index (χ3v) is 4.20. The van der Waals surface area contributed by atoms with Gasteiger partial charge in [-0.15, -0.1) is 0 Å². The Hall–Kier alpha value is -2.04. The molecule has 0 radical (unpaired) electrons. The van der Waals surface area contributed by atoms with Crippen molar-refractivity contribution in [2.75, 3.05) is 6.61 Å². The molecule has 1 saturated carbocycles. The van der Waals surface area contributed by atoms with Crippen LogP contribution in [0, 0.1) is 11.8 Å². The van der Waals surface area contributed by atoms with Crippen molar-refractivity contribution in [3.8, 4) is 5.75 Å². The van der Waals surface area contributed by atoms with Crippen molar-refractivity contribution < 1.29 is 19.4 Å². The van der Waals surface area contributed by atoms with Crippen molar-refractivity contribution in [3.05, 3.63) is 29.8 Å². The first-order valence-electron chi connectivity index (χ1n) is 6.91. The standard InChI is InChI=1S/C15H17NO4/c17-14(9-5-6-10(9)15(18)19)16-12-7-8-20-13-4-2-1-3-11(12)13/h1-4,9-10,12H,5-8H2,(H,16,17)(H,18,19). The number of amides is 1. The van der Waals surface area contributed by atoms with Crippen LogP contribution in [0.1, 0.15) is 30.9 Å². The fourth-order valence-electron chi connectivity index (χ4n) is 2.88. The van der Waals surface area contributed by atoms with E-state index in [9.17, 15) is 9.59 Å². The highest BCUT2D eigenvalue weighted by Crippen LogP contribution is 2.36. The second kappa shape index (κ2) is 5.15. The van der Waals surface area contributed by atoms with Gasteiger partial charge in [-0.05, 0) is 18.9 Å². The molecular weight excluding hydrogens is 258 g/mol. The molecule has 2 aliphatic rings. The molecule has 3 atom stereocenters. The van der Waals surface area contributed by atoms with Gasteiger partial charge in [0.1, 0.15) is 5.75 Å². The molecule has 3 rings (SSSR count). The molecule has 1 amide bonds. The topological polar surface area (TPSA) is 75.6 Å². The summed E-state index contributed by atoms with van der Waals surface area (Å²) in [5.74, 6) is -1.13. The molecule has 0 spiro atoms. The minimum Gasteiger partial charge on any atom is -0.493 e. The van der Waals surface area contributed by atoms with Gasteiger partial charge in [0.25, 0.3) is 0 Å². The molecule has 5 nitrogen and oxygen atoms in total. The summed E-state index contributed by atoms with van der Waals surface area (Å²) in [4.78, 5) is 23.2. The van der Waals surface area contributed by atoms with Crippen LogP contribution in [0.15, 0.2) is 24.3 Å². The lowest BCUT2D eigenvalue weighted by Crippen LogP contribution is -2.45. The predicted octanol–water partition coefficient (Wildman–Crippen LogP) is 1.74. The van der Waals surface area contributed by atoms with Gasteiger partial charge in [-0.2, -0.15) is 0 Å². The highest BCUT2D eigenvalue weighted by atomic mass is 16.5. The molecule has 3 unspecified atom stereocenters. The maximum absolute atomic E-state index is 12.2. The number of benzene rings is 1. The first-order valence-corrected chi connectivity index (χ1v) is 6.91. The van der Waals surface area contributed by atoms with E-state index in [1.807, 2.05) is 24.3 Å². The van der Waals surface area contributed by atoms with Crippen LogP contribution in [0.2, 0.25) is 0 Å². The number of nitrogens with one attached hydrogen (secondary N) is 1. The van der Waals surface area contributed by atoms with Crippen molar-refractivity contribution in [1.82, 2.24) is 5.32 Å². The van der Waals surface area contributed by atoms with E-state index >= 15 is 0 Å². The number of carboxylic acid groups (broad SMARTS) is 1. The summed E-state index contributed by atoms with van der Waals surface area (Å²) < 4.78 is 5.55. The first-order chi connectivity index (χ1) is 9.66. The van der Waals surface area contributed by atoms with Crippen LogP contribution in [0.4, 0.5) is 0 Å². The van der Waals surface area contributed by atoms with E-state index in [-0.39, 0.29) is 17.9 Å². The van der Waals surface area contributed by atoms with Crippen LogP contribution in [-0.4, -0.2) is 23.6 Å². The molecule has 1 fully saturated rings. The Kier molecular flexibility index (Phi) is 3.34. The molecule has 1 heterocycles. The SMILES string of the molecule is O=C(O)C1CCC1C(=O)NC1CCOc2ccccc21. The molecular formula is C15H17NO4. The van der Waals surface area contributed by atoms with Gasteiger partial charge in [-0.1, -0.05) is 18.2 Å². The molecule has 106 valence electrons. The van der Waals surface area contributed by atoms with Crippen molar-refractivity contribution in [2.45, 2.75) is 25.3 Å². The quantitative estimate of drug-likeness (QED) is 0.881. The number of para-hydroxylation sites is 1. The Balaban J connectivity index is 1.70. The molecule has 2 N–H and O–H groups in total. The second-order valence-electron chi connectivity index (χ2n) is 5.36. The number of aliphatic carboxylic acids is 1. The smallest absolute Gasteiger partial charge is 0.307 e. The maximum atomic E-state index is 12.2. The van der Waals surface area contributed by atoms with Gasteiger partial charge < -0.3 is 15.2 Å². The average molecular weight is 275 g/mol. The zero-order valence-electron chi connectivity index (χ0n) is 11.0. The van der Waals surface area contributed by atoms with Gasteiger partial charge in [0.15, 0.2) is 0 Å². The van der Waals surface area contributed by atoms with Crippen molar-refractivity contribution in [1.29, 1.82) is 0 Å². The van der Waals surface area contributed by atoms with Gasteiger partial charge in [0.2, 0.25) is 5.91 Å². The predicted molar refractivity (Wildman–Crippen MR) is 71.3 cm³/mol. The molecule has 1 aliphatic carbocycles. The van der Waals surface area contributed by atoms with E-state index in [0.717, 1.165) is 11.3 Å². The zero-order chi connectivity index (χ0) is 14.1. The van der Waals surface area contributed by atoms with Crippen molar-refractivity contribution >= 4 is 11.9 Å². The molecule has 1 aliphatic heterocycles. The van der Waals surface area contributed by atoms with Gasteiger partial charge in [-0.25, -0.2) is 0 Å². The Labute approximate surface area is 116 Å². The lowest BCUT2D eigenvalue weighted by Gasteiger charge is -2.34. The van der Waals surface area contributed by atoms with E-state index in [1.54, 1.807) is 0 Å². The third kappa shape index (κ3) is 2.24. The number of rotatable bonds is 3. The zero-order valence-corrected chi connectivity index (χ0v) is 11.0. The normalized spacial score (nSPS) is 27.7. The summed E-state index contributed by atoms with van der Waals surface area (Å²) in [5, 5.41) is 12.0. The third-order valence-electron chi connectivity index (χ3n) is 4.20. The number of hydrogen-bond donors (Lipinski definition) is 2. The lowest BCUT2D eigenvalue weighted by atomic mass is 9.73. The monoisotopic (exact) mass is 275 g/mol. The fourth-order valence-corrected chi connectivity index (χ4v) is 2.88. The molecule has 20 heavy (non-hydrogen) atoms. The molecule has 0 aromatic heterocycles. The summed E-state index contributed by atoms with van der Waals surface area (Å²) in [7, 11) is 0. The molecule has 1 aromatic carbocycles. The summed E-state index contributed by atoms with van der Waals surface area (Å²) in [6, 6.07) is 7.56. The van der Waals surface area contributed by atoms with E-state index < -0.39 is 11.9 Å². The number of carbonyl (C=O) groups is 2. The van der Waals surface area contributed by atoms with Crippen LogP contribution in [0.25, 0.3) is 0 Å². The fraction of sp³-hybridized carbons (Fsp3) is 0.467. The summed E-state index contributed by atoms with van der Waals surface area (Å²) >= 11 is 0. The largest absolute Gasteiger partial charge is 0.493 e. The average Bonchev–Trinajstić information content (AvgIpc) is 2.37. The van der Waals surface area contributed by atoms with E-state index in [4.69, 9.17) is 9.84 Å². The highest BCUT2D eigenvalue weighted by molar-refractivity contribution is 5.86. The van der Waals surface area contributed by atoms with Crippen LogP contribution < -0.4 is 10.1 Å². The number of hydrogen-bond acceptors (Lipinski definition) is 3. The summed E-state index contributed by atoms with van der Waals surface area (Å²) in [5.41, 5.74) is 0.971. The first kappa shape index (κ1) is 13.0. The van der Waals surface area contributed by atoms with Crippen LogP contribution in [0.3, 0.4) is 0 Å².